The summed E-state index contributed by atoms with van der Waals surface area (Å²) in [6, 6.07) is 13.3. The fraction of sp³-hybridized carbons (Fsp3) is 0.0714. The number of nitrogens with one attached hydrogen (secondary N) is 1. The fourth-order valence-electron chi connectivity index (χ4n) is 1.76. The number of benzene rings is 2. The summed E-state index contributed by atoms with van der Waals surface area (Å²) < 4.78 is 5.52. The largest absolute Gasteiger partial charge is 0.489 e. The van der Waals surface area contributed by atoms with E-state index in [9.17, 15) is 10.1 Å². The summed E-state index contributed by atoms with van der Waals surface area (Å²) in [5.74, 6) is 5.74. The van der Waals surface area contributed by atoms with Gasteiger partial charge < -0.3 is 10.2 Å². The Kier molecular flexibility index (Phi) is 4.33. The Morgan fingerprint density at radius 1 is 1.33 bits per heavy atom. The number of nitro groups is 1. The zero-order valence-corrected chi connectivity index (χ0v) is 10.9. The summed E-state index contributed by atoms with van der Waals surface area (Å²) in [4.78, 5) is 10.4. The molecule has 0 aliphatic heterocycles. The first-order valence-electron chi connectivity index (χ1n) is 6.01. The van der Waals surface area contributed by atoms with Crippen molar-refractivity contribution >= 4 is 11.4 Å². The lowest BCUT2D eigenvalue weighted by atomic mass is 10.2. The number of nitriles is 1. The minimum atomic E-state index is -0.519. The molecule has 0 saturated carbocycles. The first-order chi connectivity index (χ1) is 10.1. The van der Waals surface area contributed by atoms with Crippen LogP contribution in [0.1, 0.15) is 11.1 Å². The number of hydrogen-bond acceptors (Lipinski definition) is 6. The van der Waals surface area contributed by atoms with Crippen molar-refractivity contribution < 1.29 is 9.66 Å². The Morgan fingerprint density at radius 3 is 2.81 bits per heavy atom. The van der Waals surface area contributed by atoms with Gasteiger partial charge in [-0.25, -0.2) is 0 Å². The standard InChI is InChI=1S/C14H12N4O3/c15-8-10-2-1-3-12(6-10)21-9-11-4-5-13(17-16)14(7-11)18(19)20/h1-7,17H,9,16H2. The van der Waals surface area contributed by atoms with E-state index in [0.717, 1.165) is 0 Å². The number of hydrogen-bond donors (Lipinski definition) is 2. The van der Waals surface area contributed by atoms with Gasteiger partial charge in [-0.1, -0.05) is 12.1 Å². The molecule has 0 spiro atoms. The number of hydrazine groups is 1. The van der Waals surface area contributed by atoms with Crippen LogP contribution in [0.2, 0.25) is 0 Å². The van der Waals surface area contributed by atoms with Crippen LogP contribution in [0.3, 0.4) is 0 Å². The molecule has 0 aliphatic rings. The second-order valence-corrected chi connectivity index (χ2v) is 4.18. The van der Waals surface area contributed by atoms with E-state index in [1.807, 2.05) is 6.07 Å². The zero-order valence-electron chi connectivity index (χ0n) is 10.9. The predicted molar refractivity (Wildman–Crippen MR) is 76.4 cm³/mol. The van der Waals surface area contributed by atoms with Crippen molar-refractivity contribution in [3.05, 3.63) is 63.7 Å². The number of ether oxygens (including phenoxy) is 1. The quantitative estimate of drug-likeness (QED) is 0.494. The van der Waals surface area contributed by atoms with Gasteiger partial charge in [-0.05, 0) is 29.8 Å². The van der Waals surface area contributed by atoms with Crippen molar-refractivity contribution in [2.75, 3.05) is 5.43 Å². The highest BCUT2D eigenvalue weighted by molar-refractivity contribution is 5.61. The summed E-state index contributed by atoms with van der Waals surface area (Å²) in [6.07, 6.45) is 0. The molecule has 0 heterocycles. The lowest BCUT2D eigenvalue weighted by Crippen LogP contribution is -2.09. The van der Waals surface area contributed by atoms with Crippen LogP contribution < -0.4 is 16.0 Å². The van der Waals surface area contributed by atoms with Gasteiger partial charge in [-0.2, -0.15) is 5.26 Å². The Morgan fingerprint density at radius 2 is 2.14 bits per heavy atom. The van der Waals surface area contributed by atoms with Crippen molar-refractivity contribution in [1.29, 1.82) is 5.26 Å². The maximum absolute atomic E-state index is 10.9. The van der Waals surface area contributed by atoms with Crippen LogP contribution in [0.5, 0.6) is 5.75 Å². The highest BCUT2D eigenvalue weighted by Crippen LogP contribution is 2.25. The van der Waals surface area contributed by atoms with Gasteiger partial charge in [0.1, 0.15) is 18.0 Å². The zero-order chi connectivity index (χ0) is 15.2. The van der Waals surface area contributed by atoms with Gasteiger partial charge in [-0.15, -0.1) is 0 Å². The topological polar surface area (TPSA) is 114 Å². The minimum absolute atomic E-state index is 0.121. The maximum Gasteiger partial charge on any atom is 0.294 e. The molecule has 7 heteroatoms. The average Bonchev–Trinajstić information content (AvgIpc) is 2.52. The van der Waals surface area contributed by atoms with Crippen molar-refractivity contribution in [3.63, 3.8) is 0 Å². The Balaban J connectivity index is 2.15. The Hall–Kier alpha value is -3.11. The van der Waals surface area contributed by atoms with Gasteiger partial charge in [-0.3, -0.25) is 16.0 Å². The van der Waals surface area contributed by atoms with E-state index >= 15 is 0 Å². The van der Waals surface area contributed by atoms with Crippen molar-refractivity contribution in [1.82, 2.24) is 0 Å². The summed E-state index contributed by atoms with van der Waals surface area (Å²) in [5, 5.41) is 19.7. The second-order valence-electron chi connectivity index (χ2n) is 4.18. The number of nitrogens with two attached hydrogens (primary N) is 1. The van der Waals surface area contributed by atoms with E-state index in [2.05, 4.69) is 5.43 Å². The fourth-order valence-corrected chi connectivity index (χ4v) is 1.76. The van der Waals surface area contributed by atoms with Crippen LogP contribution in [-0.4, -0.2) is 4.92 Å². The van der Waals surface area contributed by atoms with E-state index in [1.54, 1.807) is 30.3 Å². The van der Waals surface area contributed by atoms with Gasteiger partial charge in [0.15, 0.2) is 0 Å². The third-order valence-corrected chi connectivity index (χ3v) is 2.78. The molecule has 106 valence electrons. The molecule has 2 aromatic carbocycles. The number of nitro benzene ring substituents is 1. The van der Waals surface area contributed by atoms with E-state index in [4.69, 9.17) is 15.8 Å². The summed E-state index contributed by atoms with van der Waals surface area (Å²) in [6.45, 7) is 0.153. The summed E-state index contributed by atoms with van der Waals surface area (Å²) in [5.41, 5.74) is 3.50. The Bertz CT molecular complexity index is 710. The monoisotopic (exact) mass is 284 g/mol. The van der Waals surface area contributed by atoms with E-state index in [-0.39, 0.29) is 18.0 Å². The molecular weight excluding hydrogens is 272 g/mol. The van der Waals surface area contributed by atoms with Crippen molar-refractivity contribution in [3.8, 4) is 11.8 Å². The van der Waals surface area contributed by atoms with Gasteiger partial charge in [0.05, 0.1) is 16.6 Å². The third kappa shape index (κ3) is 3.46. The van der Waals surface area contributed by atoms with Gasteiger partial charge in [0.2, 0.25) is 0 Å². The number of nitrogens with zero attached hydrogens (tertiary/aromatic N) is 2. The van der Waals surface area contributed by atoms with Crippen molar-refractivity contribution in [2.24, 2.45) is 5.84 Å². The molecule has 0 saturated heterocycles. The first-order valence-corrected chi connectivity index (χ1v) is 6.01. The lowest BCUT2D eigenvalue weighted by molar-refractivity contribution is -0.384. The molecule has 0 amide bonds. The van der Waals surface area contributed by atoms with Crippen LogP contribution in [0, 0.1) is 21.4 Å². The van der Waals surface area contributed by atoms with Gasteiger partial charge in [0, 0.05) is 6.07 Å². The van der Waals surface area contributed by atoms with Gasteiger partial charge in [0.25, 0.3) is 5.69 Å². The predicted octanol–water partition coefficient (Wildman–Crippen LogP) is 2.33. The number of rotatable bonds is 5. The lowest BCUT2D eigenvalue weighted by Gasteiger charge is -2.08. The van der Waals surface area contributed by atoms with Crippen LogP contribution >= 0.6 is 0 Å². The maximum atomic E-state index is 10.9. The van der Waals surface area contributed by atoms with E-state index in [0.29, 0.717) is 16.9 Å². The van der Waals surface area contributed by atoms with E-state index in [1.165, 1.54) is 12.1 Å². The minimum Gasteiger partial charge on any atom is -0.489 e. The molecule has 3 N–H and O–H groups in total. The van der Waals surface area contributed by atoms with Crippen molar-refractivity contribution in [2.45, 2.75) is 6.61 Å². The molecule has 0 aromatic heterocycles. The smallest absolute Gasteiger partial charge is 0.294 e. The summed E-state index contributed by atoms with van der Waals surface area (Å²) in [7, 11) is 0. The number of nitrogen functional groups attached to an aromatic ring is 1. The SMILES string of the molecule is N#Cc1cccc(OCc2ccc(NN)c([N+](=O)[O-])c2)c1. The molecule has 2 rings (SSSR count). The molecule has 0 fully saturated rings. The molecule has 0 atom stereocenters. The Labute approximate surface area is 120 Å². The molecule has 0 bridgehead atoms. The molecule has 0 aliphatic carbocycles. The summed E-state index contributed by atoms with van der Waals surface area (Å²) >= 11 is 0. The van der Waals surface area contributed by atoms with Crippen LogP contribution in [-0.2, 0) is 6.61 Å². The molecule has 0 unspecified atom stereocenters. The molecule has 0 radical (unpaired) electrons. The molecule has 21 heavy (non-hydrogen) atoms. The van der Waals surface area contributed by atoms with Crippen LogP contribution in [0.15, 0.2) is 42.5 Å². The normalized spacial score (nSPS) is 9.71. The highest BCUT2D eigenvalue weighted by Gasteiger charge is 2.13. The first kappa shape index (κ1) is 14.3. The third-order valence-electron chi connectivity index (χ3n) is 2.78. The molecular formula is C14H12N4O3. The highest BCUT2D eigenvalue weighted by atomic mass is 16.6. The average molecular weight is 284 g/mol. The molecule has 7 nitrogen and oxygen atoms in total. The number of anilines is 1. The molecule has 2 aromatic rings. The van der Waals surface area contributed by atoms with Crippen LogP contribution in [0.4, 0.5) is 11.4 Å². The second kappa shape index (κ2) is 6.36. The van der Waals surface area contributed by atoms with E-state index < -0.39 is 4.92 Å². The van der Waals surface area contributed by atoms with Gasteiger partial charge >= 0.3 is 0 Å². The van der Waals surface area contributed by atoms with Crippen LogP contribution in [0.25, 0.3) is 0 Å².